The van der Waals surface area contributed by atoms with Gasteiger partial charge in [0.1, 0.15) is 11.3 Å². The molecule has 1 fully saturated rings. The second-order valence-corrected chi connectivity index (χ2v) is 5.08. The summed E-state index contributed by atoms with van der Waals surface area (Å²) in [7, 11) is 4.38. The SMILES string of the molecule is CN(C)C1CCCCC1.O=C(O)c1ccccc1O. The van der Waals surface area contributed by atoms with Crippen molar-refractivity contribution >= 4 is 5.97 Å². The van der Waals surface area contributed by atoms with Crippen molar-refractivity contribution in [1.29, 1.82) is 0 Å². The molecule has 4 nitrogen and oxygen atoms in total. The third kappa shape index (κ3) is 5.30. The third-order valence-electron chi connectivity index (χ3n) is 3.44. The summed E-state index contributed by atoms with van der Waals surface area (Å²) in [5, 5.41) is 17.3. The predicted octanol–water partition coefficient (Wildman–Crippen LogP) is 2.97. The highest BCUT2D eigenvalue weighted by Gasteiger charge is 2.13. The lowest BCUT2D eigenvalue weighted by molar-refractivity contribution is 0.0694. The van der Waals surface area contributed by atoms with Crippen LogP contribution in [0.2, 0.25) is 0 Å². The van der Waals surface area contributed by atoms with Crippen molar-refractivity contribution in [2.24, 2.45) is 0 Å². The van der Waals surface area contributed by atoms with Gasteiger partial charge in [0.05, 0.1) is 0 Å². The summed E-state index contributed by atoms with van der Waals surface area (Å²) in [6.07, 6.45) is 7.20. The fraction of sp³-hybridized carbons (Fsp3) is 0.533. The van der Waals surface area contributed by atoms with Gasteiger partial charge < -0.3 is 15.1 Å². The van der Waals surface area contributed by atoms with Crippen LogP contribution in [0.4, 0.5) is 0 Å². The van der Waals surface area contributed by atoms with Gasteiger partial charge in [-0.1, -0.05) is 31.4 Å². The second-order valence-electron chi connectivity index (χ2n) is 5.08. The number of carboxylic acids is 1. The van der Waals surface area contributed by atoms with E-state index in [0.717, 1.165) is 6.04 Å². The number of nitrogens with zero attached hydrogens (tertiary/aromatic N) is 1. The summed E-state index contributed by atoms with van der Waals surface area (Å²) < 4.78 is 0. The van der Waals surface area contributed by atoms with E-state index in [2.05, 4.69) is 19.0 Å². The van der Waals surface area contributed by atoms with Gasteiger partial charge in [-0.15, -0.1) is 0 Å². The third-order valence-corrected chi connectivity index (χ3v) is 3.44. The average molecular weight is 265 g/mol. The molecule has 1 aliphatic rings. The number of rotatable bonds is 2. The molecule has 2 rings (SSSR count). The van der Waals surface area contributed by atoms with E-state index < -0.39 is 5.97 Å². The zero-order valence-corrected chi connectivity index (χ0v) is 11.7. The van der Waals surface area contributed by atoms with Crippen molar-refractivity contribution < 1.29 is 15.0 Å². The van der Waals surface area contributed by atoms with Gasteiger partial charge >= 0.3 is 5.97 Å². The summed E-state index contributed by atoms with van der Waals surface area (Å²) >= 11 is 0. The minimum absolute atomic E-state index is 0.0671. The number of hydrogen-bond donors (Lipinski definition) is 2. The van der Waals surface area contributed by atoms with Gasteiger partial charge in [-0.3, -0.25) is 0 Å². The van der Waals surface area contributed by atoms with Crippen molar-refractivity contribution in [2.75, 3.05) is 14.1 Å². The van der Waals surface area contributed by atoms with Crippen LogP contribution in [-0.2, 0) is 0 Å². The van der Waals surface area contributed by atoms with Gasteiger partial charge in [0.15, 0.2) is 0 Å². The van der Waals surface area contributed by atoms with Crippen molar-refractivity contribution in [3.63, 3.8) is 0 Å². The molecule has 1 saturated carbocycles. The van der Waals surface area contributed by atoms with Crippen LogP contribution in [0.15, 0.2) is 24.3 Å². The number of phenols is 1. The maximum absolute atomic E-state index is 10.3. The minimum Gasteiger partial charge on any atom is -0.507 e. The first-order chi connectivity index (χ1) is 9.02. The van der Waals surface area contributed by atoms with Crippen LogP contribution in [0.25, 0.3) is 0 Å². The molecule has 0 heterocycles. The molecule has 0 radical (unpaired) electrons. The van der Waals surface area contributed by atoms with Crippen molar-refractivity contribution in [1.82, 2.24) is 4.90 Å². The van der Waals surface area contributed by atoms with Crippen molar-refractivity contribution in [3.05, 3.63) is 29.8 Å². The predicted molar refractivity (Wildman–Crippen MR) is 75.6 cm³/mol. The smallest absolute Gasteiger partial charge is 0.339 e. The first kappa shape index (κ1) is 15.5. The number of aromatic hydroxyl groups is 1. The fourth-order valence-electron chi connectivity index (χ4n) is 2.25. The molecular weight excluding hydrogens is 242 g/mol. The van der Waals surface area contributed by atoms with Gasteiger partial charge in [-0.05, 0) is 39.1 Å². The number of carbonyl (C=O) groups is 1. The minimum atomic E-state index is -1.11. The Bertz CT molecular complexity index is 398. The Morgan fingerprint density at radius 2 is 1.74 bits per heavy atom. The Kier molecular flexibility index (Phi) is 6.36. The van der Waals surface area contributed by atoms with Gasteiger partial charge in [-0.25, -0.2) is 4.79 Å². The molecule has 0 amide bonds. The van der Waals surface area contributed by atoms with Crippen molar-refractivity contribution in [3.8, 4) is 5.75 Å². The van der Waals surface area contributed by atoms with Crippen LogP contribution >= 0.6 is 0 Å². The maximum Gasteiger partial charge on any atom is 0.339 e. The quantitative estimate of drug-likeness (QED) is 0.863. The van der Waals surface area contributed by atoms with E-state index in [1.165, 1.54) is 44.2 Å². The highest BCUT2D eigenvalue weighted by atomic mass is 16.4. The van der Waals surface area contributed by atoms with Crippen LogP contribution in [0, 0.1) is 0 Å². The lowest BCUT2D eigenvalue weighted by Gasteiger charge is -2.27. The molecule has 0 bridgehead atoms. The van der Waals surface area contributed by atoms with E-state index in [0.29, 0.717) is 0 Å². The monoisotopic (exact) mass is 265 g/mol. The van der Waals surface area contributed by atoms with Crippen LogP contribution in [0.1, 0.15) is 42.5 Å². The molecular formula is C15H23NO3. The van der Waals surface area contributed by atoms with Gasteiger partial charge in [0.25, 0.3) is 0 Å². The Hall–Kier alpha value is -1.55. The molecule has 0 saturated heterocycles. The molecule has 1 aromatic rings. The molecule has 2 N–H and O–H groups in total. The van der Waals surface area contributed by atoms with Gasteiger partial charge in [0, 0.05) is 6.04 Å². The molecule has 19 heavy (non-hydrogen) atoms. The number of aromatic carboxylic acids is 1. The highest BCUT2D eigenvalue weighted by Crippen LogP contribution is 2.20. The van der Waals surface area contributed by atoms with E-state index in [1.807, 2.05) is 0 Å². The molecule has 0 spiro atoms. The van der Waals surface area contributed by atoms with E-state index in [4.69, 9.17) is 10.2 Å². The lowest BCUT2D eigenvalue weighted by atomic mass is 9.95. The second kappa shape index (κ2) is 7.79. The molecule has 0 unspecified atom stereocenters. The van der Waals surface area contributed by atoms with E-state index in [1.54, 1.807) is 12.1 Å². The van der Waals surface area contributed by atoms with E-state index >= 15 is 0 Å². The molecule has 1 aromatic carbocycles. The molecule has 1 aliphatic carbocycles. The molecule has 106 valence electrons. The van der Waals surface area contributed by atoms with Crippen LogP contribution < -0.4 is 0 Å². The molecule has 0 atom stereocenters. The summed E-state index contributed by atoms with van der Waals surface area (Å²) in [6, 6.07) is 6.70. The molecule has 0 aliphatic heterocycles. The number of carboxylic acid groups (broad SMARTS) is 1. The summed E-state index contributed by atoms with van der Waals surface area (Å²) in [5.74, 6) is -1.31. The van der Waals surface area contributed by atoms with Crippen LogP contribution in [0.5, 0.6) is 5.75 Å². The van der Waals surface area contributed by atoms with E-state index in [9.17, 15) is 4.79 Å². The summed E-state index contributed by atoms with van der Waals surface area (Å²) in [6.45, 7) is 0. The lowest BCUT2D eigenvalue weighted by Crippen LogP contribution is -2.29. The van der Waals surface area contributed by atoms with Crippen LogP contribution in [-0.4, -0.2) is 41.2 Å². The van der Waals surface area contributed by atoms with Gasteiger partial charge in [-0.2, -0.15) is 0 Å². The summed E-state index contributed by atoms with van der Waals surface area (Å²) in [5.41, 5.74) is -0.0671. The molecule has 0 aromatic heterocycles. The number of para-hydroxylation sites is 1. The Morgan fingerprint density at radius 3 is 2.11 bits per heavy atom. The first-order valence-electron chi connectivity index (χ1n) is 6.70. The maximum atomic E-state index is 10.3. The van der Waals surface area contributed by atoms with Crippen molar-refractivity contribution in [2.45, 2.75) is 38.1 Å². The van der Waals surface area contributed by atoms with Crippen LogP contribution in [0.3, 0.4) is 0 Å². The van der Waals surface area contributed by atoms with E-state index in [-0.39, 0.29) is 11.3 Å². The Balaban J connectivity index is 0.000000191. The number of hydrogen-bond acceptors (Lipinski definition) is 3. The molecule has 4 heteroatoms. The zero-order valence-electron chi connectivity index (χ0n) is 11.7. The zero-order chi connectivity index (χ0) is 14.3. The normalized spacial score (nSPS) is 15.7. The first-order valence-corrected chi connectivity index (χ1v) is 6.70. The largest absolute Gasteiger partial charge is 0.507 e. The van der Waals surface area contributed by atoms with Gasteiger partial charge in [0.2, 0.25) is 0 Å². The Morgan fingerprint density at radius 1 is 1.16 bits per heavy atom. The standard InChI is InChI=1S/C8H17N.C7H6O3/c1-9(2)8-6-4-3-5-7-8;8-6-4-2-1-3-5(6)7(9)10/h8H,3-7H2,1-2H3;1-4,8H,(H,9,10). The summed E-state index contributed by atoms with van der Waals surface area (Å²) in [4.78, 5) is 12.6. The topological polar surface area (TPSA) is 60.8 Å². The Labute approximate surface area is 114 Å². The number of benzene rings is 1. The highest BCUT2D eigenvalue weighted by molar-refractivity contribution is 5.90. The average Bonchev–Trinajstić information content (AvgIpc) is 2.40. The fourth-order valence-corrected chi connectivity index (χ4v) is 2.25.